The third-order valence-electron chi connectivity index (χ3n) is 8.12. The molecule has 180 valence electrons. The molecule has 5 aliphatic rings. The van der Waals surface area contributed by atoms with Crippen molar-refractivity contribution in [2.75, 3.05) is 13.1 Å². The zero-order valence-electron chi connectivity index (χ0n) is 18.9. The van der Waals surface area contributed by atoms with Crippen LogP contribution in [0.2, 0.25) is 0 Å². The lowest BCUT2D eigenvalue weighted by molar-refractivity contribution is -0.131. The van der Waals surface area contributed by atoms with Crippen molar-refractivity contribution < 1.29 is 17.6 Å². The highest BCUT2D eigenvalue weighted by atomic mass is 32.2. The summed E-state index contributed by atoms with van der Waals surface area (Å²) in [6.07, 6.45) is 6.44. The van der Waals surface area contributed by atoms with Crippen molar-refractivity contribution >= 4 is 15.9 Å². The Morgan fingerprint density at radius 3 is 2.56 bits per heavy atom. The van der Waals surface area contributed by atoms with E-state index in [-0.39, 0.29) is 34.5 Å². The van der Waals surface area contributed by atoms with Gasteiger partial charge in [0.1, 0.15) is 17.9 Å². The summed E-state index contributed by atoms with van der Waals surface area (Å²) in [5.74, 6) is -0.119. The number of benzene rings is 1. The average molecular weight is 486 g/mol. The zero-order valence-corrected chi connectivity index (χ0v) is 19.7. The monoisotopic (exact) mass is 485 g/mol. The van der Waals surface area contributed by atoms with Crippen LogP contribution in [0.5, 0.6) is 0 Å². The fraction of sp³-hybridized carbons (Fsp3) is 0.625. The zero-order chi connectivity index (χ0) is 24.1. The summed E-state index contributed by atoms with van der Waals surface area (Å²) in [5, 5.41) is 21.9. The fourth-order valence-corrected chi connectivity index (χ4v) is 8.70. The van der Waals surface area contributed by atoms with Gasteiger partial charge in [-0.25, -0.2) is 17.5 Å². The van der Waals surface area contributed by atoms with Gasteiger partial charge in [0.05, 0.1) is 23.1 Å². The van der Waals surface area contributed by atoms with E-state index in [9.17, 15) is 22.9 Å². The fourth-order valence-electron chi connectivity index (χ4n) is 7.25. The molecule has 2 N–H and O–H groups in total. The van der Waals surface area contributed by atoms with Crippen molar-refractivity contribution in [3.05, 3.63) is 29.6 Å². The van der Waals surface area contributed by atoms with Crippen LogP contribution in [0.3, 0.4) is 0 Å². The molecular formula is C24H28FN5O3S. The van der Waals surface area contributed by atoms with Gasteiger partial charge in [-0.15, -0.1) is 0 Å². The van der Waals surface area contributed by atoms with Crippen LogP contribution < -0.4 is 10.0 Å². The molecule has 4 bridgehead atoms. The van der Waals surface area contributed by atoms with Gasteiger partial charge in [0.15, 0.2) is 0 Å². The number of carbonyl (C=O) groups is 1. The number of hydrogen-bond acceptors (Lipinski definition) is 6. The first-order valence-corrected chi connectivity index (χ1v) is 13.3. The van der Waals surface area contributed by atoms with Gasteiger partial charge in [-0.05, 0) is 81.4 Å². The number of hydrogen-bond donors (Lipinski definition) is 2. The number of halogens is 1. The van der Waals surface area contributed by atoms with E-state index in [4.69, 9.17) is 5.26 Å². The number of nitrogens with one attached hydrogen (secondary N) is 2. The van der Waals surface area contributed by atoms with Crippen LogP contribution in [0.15, 0.2) is 23.1 Å². The van der Waals surface area contributed by atoms with Crippen LogP contribution in [0.25, 0.3) is 0 Å². The molecule has 1 aromatic carbocycles. The van der Waals surface area contributed by atoms with Crippen LogP contribution in [0, 0.1) is 40.3 Å². The Labute approximate surface area is 199 Å². The lowest BCUT2D eigenvalue weighted by Crippen LogP contribution is -2.69. The second kappa shape index (κ2) is 8.30. The summed E-state index contributed by atoms with van der Waals surface area (Å²) in [5.41, 5.74) is -1.27. The highest BCUT2D eigenvalue weighted by Crippen LogP contribution is 2.57. The second-order valence-corrected chi connectivity index (χ2v) is 12.3. The molecule has 1 aliphatic heterocycles. The topological polar surface area (TPSA) is 126 Å². The number of nitriles is 2. The summed E-state index contributed by atoms with van der Waals surface area (Å²) in [4.78, 5) is 14.4. The van der Waals surface area contributed by atoms with E-state index in [2.05, 4.69) is 16.1 Å². The minimum Gasteiger partial charge on any atom is -0.326 e. The molecule has 34 heavy (non-hydrogen) atoms. The molecule has 0 aromatic heterocycles. The lowest BCUT2D eigenvalue weighted by atomic mass is 9.50. The number of nitrogens with zero attached hydrogens (tertiary/aromatic N) is 3. The molecule has 3 unspecified atom stereocenters. The van der Waals surface area contributed by atoms with E-state index < -0.39 is 21.4 Å². The predicted molar refractivity (Wildman–Crippen MR) is 120 cm³/mol. The SMILES string of the molecule is N#Cc1cc(S(=O)(=O)NC23CC4CC(CC(NCC(=O)N5CCCC5C#N)(C4)C2)C3)ccc1F. The standard InChI is InChI=1S/C24H28FN5O3S/c25-21-4-3-20(7-18(21)12-26)34(32,33)29-24-10-16-6-17(11-24)9-23(8-16,15-24)28-14-22(31)30-5-1-2-19(30)13-27/h3-4,7,16-17,19,28-29H,1-2,5-6,8-11,14-15H2. The molecule has 5 fully saturated rings. The number of likely N-dealkylation sites (tertiary alicyclic amines) is 1. The predicted octanol–water partition coefficient (Wildman–Crippen LogP) is 2.17. The molecule has 6 rings (SSSR count). The third kappa shape index (κ3) is 4.08. The highest BCUT2D eigenvalue weighted by Gasteiger charge is 2.58. The van der Waals surface area contributed by atoms with E-state index in [0.29, 0.717) is 31.2 Å². The Bertz CT molecular complexity index is 1190. The molecule has 1 saturated heterocycles. The Morgan fingerprint density at radius 2 is 1.88 bits per heavy atom. The first-order chi connectivity index (χ1) is 16.2. The molecule has 3 atom stereocenters. The molecule has 4 saturated carbocycles. The smallest absolute Gasteiger partial charge is 0.241 e. The summed E-state index contributed by atoms with van der Waals surface area (Å²) >= 11 is 0. The summed E-state index contributed by atoms with van der Waals surface area (Å²) < 4.78 is 43.2. The van der Waals surface area contributed by atoms with Crippen molar-refractivity contribution in [2.24, 2.45) is 11.8 Å². The third-order valence-corrected chi connectivity index (χ3v) is 9.69. The van der Waals surface area contributed by atoms with E-state index in [1.54, 1.807) is 11.0 Å². The normalized spacial score (nSPS) is 34.1. The van der Waals surface area contributed by atoms with Gasteiger partial charge in [-0.1, -0.05) is 0 Å². The Morgan fingerprint density at radius 1 is 1.18 bits per heavy atom. The maximum atomic E-state index is 13.7. The van der Waals surface area contributed by atoms with Crippen LogP contribution >= 0.6 is 0 Å². The largest absolute Gasteiger partial charge is 0.326 e. The van der Waals surface area contributed by atoms with E-state index in [1.807, 2.05) is 0 Å². The molecule has 8 nitrogen and oxygen atoms in total. The van der Waals surface area contributed by atoms with Crippen molar-refractivity contribution in [3.8, 4) is 12.1 Å². The van der Waals surface area contributed by atoms with Gasteiger partial charge in [0.25, 0.3) is 0 Å². The van der Waals surface area contributed by atoms with E-state index >= 15 is 0 Å². The van der Waals surface area contributed by atoms with Crippen molar-refractivity contribution in [2.45, 2.75) is 73.4 Å². The Balaban J connectivity index is 1.34. The van der Waals surface area contributed by atoms with Crippen molar-refractivity contribution in [3.63, 3.8) is 0 Å². The molecule has 1 amide bonds. The molecular weight excluding hydrogens is 457 g/mol. The lowest BCUT2D eigenvalue weighted by Gasteiger charge is -2.62. The Hall–Kier alpha value is -2.53. The van der Waals surface area contributed by atoms with Gasteiger partial charge in [0, 0.05) is 17.6 Å². The van der Waals surface area contributed by atoms with E-state index in [1.165, 1.54) is 6.07 Å². The van der Waals surface area contributed by atoms with Gasteiger partial charge in [-0.3, -0.25) is 4.79 Å². The van der Waals surface area contributed by atoms with Crippen LogP contribution in [0.4, 0.5) is 4.39 Å². The van der Waals surface area contributed by atoms with Crippen LogP contribution in [-0.4, -0.2) is 49.4 Å². The first kappa shape index (κ1) is 23.2. The van der Waals surface area contributed by atoms with Crippen molar-refractivity contribution in [1.29, 1.82) is 10.5 Å². The maximum Gasteiger partial charge on any atom is 0.241 e. The molecule has 1 aromatic rings. The van der Waals surface area contributed by atoms with Gasteiger partial charge in [-0.2, -0.15) is 10.5 Å². The second-order valence-electron chi connectivity index (χ2n) is 10.6. The summed E-state index contributed by atoms with van der Waals surface area (Å²) in [7, 11) is -3.96. The average Bonchev–Trinajstić information content (AvgIpc) is 3.25. The van der Waals surface area contributed by atoms with Gasteiger partial charge < -0.3 is 10.2 Å². The molecule has 10 heteroatoms. The Kier molecular flexibility index (Phi) is 5.67. The minimum absolute atomic E-state index is 0.0789. The molecule has 1 heterocycles. The number of sulfonamides is 1. The number of carbonyl (C=O) groups excluding carboxylic acids is 1. The molecule has 0 spiro atoms. The van der Waals surface area contributed by atoms with E-state index in [0.717, 1.165) is 50.7 Å². The maximum absolute atomic E-state index is 13.7. The first-order valence-electron chi connectivity index (χ1n) is 11.8. The molecule has 4 aliphatic carbocycles. The van der Waals surface area contributed by atoms with Crippen molar-refractivity contribution in [1.82, 2.24) is 14.9 Å². The molecule has 0 radical (unpaired) electrons. The number of rotatable bonds is 6. The number of amides is 1. The minimum atomic E-state index is -3.96. The quantitative estimate of drug-likeness (QED) is 0.636. The summed E-state index contributed by atoms with van der Waals surface area (Å²) in [6.45, 7) is 0.743. The van der Waals surface area contributed by atoms with Crippen LogP contribution in [-0.2, 0) is 14.8 Å². The van der Waals surface area contributed by atoms with Gasteiger partial charge >= 0.3 is 0 Å². The summed E-state index contributed by atoms with van der Waals surface area (Å²) in [6, 6.07) is 6.81. The highest BCUT2D eigenvalue weighted by molar-refractivity contribution is 7.89. The van der Waals surface area contributed by atoms with Crippen LogP contribution in [0.1, 0.15) is 56.9 Å². The van der Waals surface area contributed by atoms with Gasteiger partial charge in [0.2, 0.25) is 15.9 Å².